The third kappa shape index (κ3) is 8.07. The maximum absolute atomic E-state index is 12.4. The first-order valence-electron chi connectivity index (χ1n) is 10.7. The summed E-state index contributed by atoms with van der Waals surface area (Å²) in [5.74, 6) is -1.01. The Bertz CT molecular complexity index is 1010. The molecule has 0 saturated carbocycles. The van der Waals surface area contributed by atoms with Crippen molar-refractivity contribution in [2.24, 2.45) is 5.73 Å². The zero-order chi connectivity index (χ0) is 23.5. The smallest absolute Gasteiger partial charge is 0.328 e. The molecule has 3 aromatic carbocycles. The van der Waals surface area contributed by atoms with E-state index in [1.807, 2.05) is 84.9 Å². The van der Waals surface area contributed by atoms with Crippen LogP contribution in [-0.4, -0.2) is 35.7 Å². The largest absolute Gasteiger partial charge is 0.489 e. The van der Waals surface area contributed by atoms with Crippen molar-refractivity contribution in [3.8, 4) is 5.75 Å². The van der Waals surface area contributed by atoms with Gasteiger partial charge in [-0.2, -0.15) is 0 Å². The van der Waals surface area contributed by atoms with Gasteiger partial charge in [-0.1, -0.05) is 72.8 Å². The van der Waals surface area contributed by atoms with Gasteiger partial charge in [-0.05, 0) is 35.2 Å². The Hall–Kier alpha value is -3.68. The number of ether oxygens (including phenoxy) is 2. The van der Waals surface area contributed by atoms with Gasteiger partial charge in [0.15, 0.2) is 6.04 Å². The number of hydrogen-bond acceptors (Lipinski definition) is 5. The summed E-state index contributed by atoms with van der Waals surface area (Å²) < 4.78 is 11.2. The first-order chi connectivity index (χ1) is 16.0. The number of rotatable bonds is 12. The Morgan fingerprint density at radius 2 is 1.39 bits per heavy atom. The summed E-state index contributed by atoms with van der Waals surface area (Å²) in [4.78, 5) is 24.0. The molecule has 3 aromatic rings. The van der Waals surface area contributed by atoms with Gasteiger partial charge in [0.1, 0.15) is 12.4 Å². The highest BCUT2D eigenvalue weighted by Gasteiger charge is 2.23. The standard InChI is InChI=1S/C26H28N2O5/c27-23(15-19-11-13-22(14-12-19)33-17-21-9-5-2-6-10-21)25(29)28-24(26(30)31)18-32-16-20-7-3-1-4-8-20/h1-14,23-24H,15-18,27H2,(H,28,29)(H,30,31)/t23-,24-/m0/s1. The van der Waals surface area contributed by atoms with E-state index in [9.17, 15) is 14.7 Å². The molecule has 7 nitrogen and oxygen atoms in total. The van der Waals surface area contributed by atoms with Gasteiger partial charge < -0.3 is 25.6 Å². The number of nitrogens with one attached hydrogen (secondary N) is 1. The van der Waals surface area contributed by atoms with E-state index in [0.717, 1.165) is 16.7 Å². The number of aliphatic carboxylic acids is 1. The van der Waals surface area contributed by atoms with Crippen molar-refractivity contribution in [1.82, 2.24) is 5.32 Å². The summed E-state index contributed by atoms with van der Waals surface area (Å²) in [6.07, 6.45) is 0.266. The molecular weight excluding hydrogens is 420 g/mol. The van der Waals surface area contributed by atoms with E-state index in [1.165, 1.54) is 0 Å². The second-order valence-corrected chi connectivity index (χ2v) is 7.63. The van der Waals surface area contributed by atoms with Crippen LogP contribution in [0.5, 0.6) is 5.75 Å². The fourth-order valence-corrected chi connectivity index (χ4v) is 3.13. The van der Waals surface area contributed by atoms with Crippen molar-refractivity contribution in [1.29, 1.82) is 0 Å². The van der Waals surface area contributed by atoms with Crippen molar-refractivity contribution >= 4 is 11.9 Å². The Morgan fingerprint density at radius 3 is 1.97 bits per heavy atom. The molecule has 0 spiro atoms. The minimum Gasteiger partial charge on any atom is -0.489 e. The van der Waals surface area contributed by atoms with Crippen LogP contribution in [0.4, 0.5) is 0 Å². The SMILES string of the molecule is N[C@@H](Cc1ccc(OCc2ccccc2)cc1)C(=O)N[C@@H](COCc1ccccc1)C(=O)O. The summed E-state index contributed by atoms with van der Waals surface area (Å²) in [5.41, 5.74) is 8.85. The van der Waals surface area contributed by atoms with Gasteiger partial charge in [-0.25, -0.2) is 4.79 Å². The number of nitrogens with two attached hydrogens (primary N) is 1. The molecule has 0 aliphatic carbocycles. The predicted octanol–water partition coefficient (Wildman–Crippen LogP) is 2.92. The first kappa shape index (κ1) is 24.0. The molecule has 0 aromatic heterocycles. The molecule has 0 fully saturated rings. The maximum atomic E-state index is 12.4. The third-order valence-electron chi connectivity index (χ3n) is 4.97. The second kappa shape index (κ2) is 12.4. The molecular formula is C26H28N2O5. The fraction of sp³-hybridized carbons (Fsp3) is 0.231. The minimum atomic E-state index is -1.18. The van der Waals surface area contributed by atoms with Crippen LogP contribution in [0.3, 0.4) is 0 Å². The average molecular weight is 449 g/mol. The highest BCUT2D eigenvalue weighted by Crippen LogP contribution is 2.15. The van der Waals surface area contributed by atoms with Crippen LogP contribution in [-0.2, 0) is 34.0 Å². The topological polar surface area (TPSA) is 111 Å². The van der Waals surface area contributed by atoms with Crippen molar-refractivity contribution in [3.63, 3.8) is 0 Å². The van der Waals surface area contributed by atoms with Crippen molar-refractivity contribution in [2.45, 2.75) is 31.7 Å². The van der Waals surface area contributed by atoms with E-state index in [0.29, 0.717) is 12.4 Å². The van der Waals surface area contributed by atoms with Crippen LogP contribution in [0.25, 0.3) is 0 Å². The van der Waals surface area contributed by atoms with Crippen molar-refractivity contribution in [3.05, 3.63) is 102 Å². The molecule has 7 heteroatoms. The summed E-state index contributed by atoms with van der Waals surface area (Å²) in [5, 5.41) is 11.9. The molecule has 0 saturated heterocycles. The molecule has 0 radical (unpaired) electrons. The van der Waals surface area contributed by atoms with E-state index in [4.69, 9.17) is 15.2 Å². The van der Waals surface area contributed by atoms with E-state index < -0.39 is 24.0 Å². The highest BCUT2D eigenvalue weighted by atomic mass is 16.5. The van der Waals surface area contributed by atoms with Crippen LogP contribution in [0, 0.1) is 0 Å². The lowest BCUT2D eigenvalue weighted by atomic mass is 10.1. The van der Waals surface area contributed by atoms with E-state index in [1.54, 1.807) is 0 Å². The van der Waals surface area contributed by atoms with Gasteiger partial charge in [0.05, 0.1) is 19.3 Å². The number of benzene rings is 3. The molecule has 0 aliphatic rings. The fourth-order valence-electron chi connectivity index (χ4n) is 3.13. The molecule has 33 heavy (non-hydrogen) atoms. The maximum Gasteiger partial charge on any atom is 0.328 e. The van der Waals surface area contributed by atoms with Gasteiger partial charge in [0, 0.05) is 0 Å². The lowest BCUT2D eigenvalue weighted by Crippen LogP contribution is -2.51. The van der Waals surface area contributed by atoms with Crippen LogP contribution in [0.15, 0.2) is 84.9 Å². The van der Waals surface area contributed by atoms with Crippen LogP contribution < -0.4 is 15.8 Å². The molecule has 1 amide bonds. The molecule has 4 N–H and O–H groups in total. The molecule has 0 heterocycles. The number of amides is 1. The number of carboxylic acids is 1. The van der Waals surface area contributed by atoms with Gasteiger partial charge >= 0.3 is 5.97 Å². The Kier molecular flexibility index (Phi) is 8.99. The van der Waals surface area contributed by atoms with Crippen LogP contribution >= 0.6 is 0 Å². The molecule has 0 aliphatic heterocycles. The monoisotopic (exact) mass is 448 g/mol. The van der Waals surface area contributed by atoms with E-state index in [2.05, 4.69) is 5.32 Å². The van der Waals surface area contributed by atoms with Crippen LogP contribution in [0.1, 0.15) is 16.7 Å². The van der Waals surface area contributed by atoms with Gasteiger partial charge in [0.25, 0.3) is 0 Å². The Morgan fingerprint density at radius 1 is 0.818 bits per heavy atom. The number of carbonyl (C=O) groups is 2. The van der Waals surface area contributed by atoms with Gasteiger partial charge in [-0.15, -0.1) is 0 Å². The summed E-state index contributed by atoms with van der Waals surface area (Å²) >= 11 is 0. The predicted molar refractivity (Wildman–Crippen MR) is 125 cm³/mol. The summed E-state index contributed by atoms with van der Waals surface area (Å²) in [6, 6.07) is 24.5. The lowest BCUT2D eigenvalue weighted by Gasteiger charge is -2.18. The zero-order valence-corrected chi connectivity index (χ0v) is 18.2. The van der Waals surface area contributed by atoms with E-state index >= 15 is 0 Å². The van der Waals surface area contributed by atoms with Crippen LogP contribution in [0.2, 0.25) is 0 Å². The molecule has 172 valence electrons. The molecule has 2 atom stereocenters. The quantitative estimate of drug-likeness (QED) is 0.393. The number of carboxylic acid groups (broad SMARTS) is 1. The number of carbonyl (C=O) groups excluding carboxylic acids is 1. The lowest BCUT2D eigenvalue weighted by molar-refractivity contribution is -0.144. The normalized spacial score (nSPS) is 12.5. The zero-order valence-electron chi connectivity index (χ0n) is 18.2. The Balaban J connectivity index is 1.45. The average Bonchev–Trinajstić information content (AvgIpc) is 2.84. The summed E-state index contributed by atoms with van der Waals surface area (Å²) in [7, 11) is 0. The van der Waals surface area contributed by atoms with Crippen molar-refractivity contribution < 1.29 is 24.2 Å². The minimum absolute atomic E-state index is 0.157. The molecule has 0 unspecified atom stereocenters. The van der Waals surface area contributed by atoms with Gasteiger partial charge in [0.2, 0.25) is 5.91 Å². The number of hydrogen-bond donors (Lipinski definition) is 3. The van der Waals surface area contributed by atoms with Gasteiger partial charge in [-0.3, -0.25) is 4.79 Å². The van der Waals surface area contributed by atoms with Crippen molar-refractivity contribution in [2.75, 3.05) is 6.61 Å². The third-order valence-corrected chi connectivity index (χ3v) is 4.97. The second-order valence-electron chi connectivity index (χ2n) is 7.63. The van der Waals surface area contributed by atoms with E-state index in [-0.39, 0.29) is 19.6 Å². The highest BCUT2D eigenvalue weighted by molar-refractivity contribution is 5.87. The molecule has 3 rings (SSSR count). The Labute approximate surface area is 193 Å². The molecule has 0 bridgehead atoms. The first-order valence-corrected chi connectivity index (χ1v) is 10.7. The summed E-state index contributed by atoms with van der Waals surface area (Å²) in [6.45, 7) is 0.562.